The molecule has 20 heavy (non-hydrogen) atoms. The molecule has 2 amide bonds. The Hall–Kier alpha value is -1.96. The number of H-pyrrole nitrogens is 1. The van der Waals surface area contributed by atoms with Crippen LogP contribution < -0.4 is 10.6 Å². The van der Waals surface area contributed by atoms with Crippen LogP contribution >= 0.6 is 0 Å². The lowest BCUT2D eigenvalue weighted by molar-refractivity contribution is -0.130. The van der Waals surface area contributed by atoms with E-state index in [0.717, 1.165) is 31.8 Å². The van der Waals surface area contributed by atoms with E-state index in [1.54, 1.807) is 4.90 Å². The molecular formula is C12H18N6O2. The second-order valence-electron chi connectivity index (χ2n) is 5.13. The quantitative estimate of drug-likeness (QED) is 0.645. The van der Waals surface area contributed by atoms with Gasteiger partial charge in [-0.25, -0.2) is 4.98 Å². The van der Waals surface area contributed by atoms with Crippen molar-refractivity contribution in [3.05, 3.63) is 11.6 Å². The van der Waals surface area contributed by atoms with E-state index in [1.807, 2.05) is 0 Å². The molecule has 2 heterocycles. The van der Waals surface area contributed by atoms with Crippen molar-refractivity contribution in [2.24, 2.45) is 0 Å². The molecule has 3 rings (SSSR count). The Labute approximate surface area is 116 Å². The largest absolute Gasteiger partial charge is 0.340 e. The van der Waals surface area contributed by atoms with Crippen LogP contribution in [0.2, 0.25) is 0 Å². The summed E-state index contributed by atoms with van der Waals surface area (Å²) in [5.74, 6) is 0.824. The van der Waals surface area contributed by atoms with Gasteiger partial charge in [-0.1, -0.05) is 0 Å². The first-order chi connectivity index (χ1) is 9.74. The van der Waals surface area contributed by atoms with Crippen LogP contribution in [0.25, 0.3) is 0 Å². The van der Waals surface area contributed by atoms with Gasteiger partial charge in [-0.2, -0.15) is 0 Å². The molecule has 0 atom stereocenters. The van der Waals surface area contributed by atoms with E-state index >= 15 is 0 Å². The molecule has 1 aromatic heterocycles. The van der Waals surface area contributed by atoms with Crippen LogP contribution in [-0.4, -0.2) is 64.6 Å². The van der Waals surface area contributed by atoms with E-state index in [-0.39, 0.29) is 18.3 Å². The number of carbonyl (C=O) groups excluding carboxylic acids is 2. The van der Waals surface area contributed by atoms with E-state index in [4.69, 9.17) is 0 Å². The van der Waals surface area contributed by atoms with Gasteiger partial charge in [-0.15, -0.1) is 5.10 Å². The number of hydrogen-bond acceptors (Lipinski definition) is 5. The Kier molecular flexibility index (Phi) is 3.64. The third-order valence-corrected chi connectivity index (χ3v) is 3.54. The van der Waals surface area contributed by atoms with E-state index in [1.165, 1.54) is 0 Å². The normalized spacial score (nSPS) is 18.9. The van der Waals surface area contributed by atoms with Gasteiger partial charge >= 0.3 is 0 Å². The van der Waals surface area contributed by atoms with Gasteiger partial charge in [0.25, 0.3) is 5.91 Å². The first kappa shape index (κ1) is 13.0. The number of aromatic nitrogens is 3. The topological polar surface area (TPSA) is 103 Å². The summed E-state index contributed by atoms with van der Waals surface area (Å²) >= 11 is 0. The molecule has 0 bridgehead atoms. The van der Waals surface area contributed by atoms with Crippen LogP contribution in [0, 0.1) is 0 Å². The summed E-state index contributed by atoms with van der Waals surface area (Å²) in [7, 11) is 0. The van der Waals surface area contributed by atoms with Crippen LogP contribution in [0.4, 0.5) is 0 Å². The van der Waals surface area contributed by atoms with Gasteiger partial charge in [0.15, 0.2) is 0 Å². The number of carbonyl (C=O) groups is 2. The Balaban J connectivity index is 1.49. The first-order valence-electron chi connectivity index (χ1n) is 6.93. The van der Waals surface area contributed by atoms with Crippen LogP contribution in [0.15, 0.2) is 0 Å². The molecule has 1 saturated carbocycles. The molecule has 3 N–H and O–H groups in total. The lowest BCUT2D eigenvalue weighted by atomic mass is 10.3. The predicted molar refractivity (Wildman–Crippen MR) is 70.1 cm³/mol. The maximum atomic E-state index is 11.9. The van der Waals surface area contributed by atoms with Crippen LogP contribution in [0.5, 0.6) is 0 Å². The summed E-state index contributed by atoms with van der Waals surface area (Å²) in [5.41, 5.74) is 0. The number of piperazine rings is 1. The minimum atomic E-state index is -0.406. The summed E-state index contributed by atoms with van der Waals surface area (Å²) < 4.78 is 0. The highest BCUT2D eigenvalue weighted by Gasteiger charge is 2.28. The van der Waals surface area contributed by atoms with Crippen molar-refractivity contribution in [1.82, 2.24) is 30.7 Å². The van der Waals surface area contributed by atoms with E-state index < -0.39 is 5.91 Å². The molecule has 0 aromatic carbocycles. The summed E-state index contributed by atoms with van der Waals surface area (Å²) in [4.78, 5) is 29.6. The number of nitrogens with one attached hydrogen (secondary N) is 3. The monoisotopic (exact) mass is 278 g/mol. The first-order valence-corrected chi connectivity index (χ1v) is 6.93. The molecule has 8 nitrogen and oxygen atoms in total. The molecular weight excluding hydrogens is 260 g/mol. The zero-order valence-electron chi connectivity index (χ0n) is 11.2. The highest BCUT2D eigenvalue weighted by Crippen LogP contribution is 2.37. The molecule has 0 unspecified atom stereocenters. The summed E-state index contributed by atoms with van der Waals surface area (Å²) in [5, 5.41) is 12.4. The molecule has 0 spiro atoms. The summed E-state index contributed by atoms with van der Waals surface area (Å²) in [6, 6.07) is 0. The zero-order chi connectivity index (χ0) is 13.9. The molecule has 2 aliphatic rings. The number of amides is 2. The van der Waals surface area contributed by atoms with Gasteiger partial charge in [0.05, 0.1) is 6.54 Å². The fraction of sp³-hybridized carbons (Fsp3) is 0.667. The van der Waals surface area contributed by atoms with Crippen LogP contribution in [-0.2, 0) is 4.79 Å². The highest BCUT2D eigenvalue weighted by molar-refractivity contribution is 5.93. The zero-order valence-corrected chi connectivity index (χ0v) is 11.2. The molecule has 8 heteroatoms. The van der Waals surface area contributed by atoms with E-state index in [2.05, 4.69) is 25.8 Å². The van der Waals surface area contributed by atoms with Gasteiger partial charge in [0.2, 0.25) is 11.7 Å². The van der Waals surface area contributed by atoms with Crippen molar-refractivity contribution in [2.45, 2.75) is 18.8 Å². The van der Waals surface area contributed by atoms with Crippen LogP contribution in [0.1, 0.15) is 35.2 Å². The maximum Gasteiger partial charge on any atom is 0.291 e. The Bertz CT molecular complexity index is 504. The molecule has 0 radical (unpaired) electrons. The van der Waals surface area contributed by atoms with Gasteiger partial charge < -0.3 is 15.5 Å². The lowest BCUT2D eigenvalue weighted by Crippen LogP contribution is -2.49. The molecule has 1 aromatic rings. The van der Waals surface area contributed by atoms with Gasteiger partial charge in [0.1, 0.15) is 5.82 Å². The number of rotatable bonds is 4. The predicted octanol–water partition coefficient (Wildman–Crippen LogP) is -1.16. The summed E-state index contributed by atoms with van der Waals surface area (Å²) in [6.07, 6.45) is 2.19. The van der Waals surface area contributed by atoms with Crippen molar-refractivity contribution >= 4 is 11.8 Å². The number of nitrogens with zero attached hydrogens (tertiary/aromatic N) is 3. The minimum Gasteiger partial charge on any atom is -0.340 e. The van der Waals surface area contributed by atoms with Crippen molar-refractivity contribution in [2.75, 3.05) is 32.7 Å². The standard InChI is InChI=1S/C12H18N6O2/c19-9(18-5-3-13-4-6-18)7-14-12(20)11-15-10(16-17-11)8-1-2-8/h8,13H,1-7H2,(H,14,20)(H,15,16,17). The average molecular weight is 278 g/mol. The molecule has 1 aliphatic carbocycles. The number of hydrogen-bond donors (Lipinski definition) is 3. The highest BCUT2D eigenvalue weighted by atomic mass is 16.2. The lowest BCUT2D eigenvalue weighted by Gasteiger charge is -2.27. The van der Waals surface area contributed by atoms with Crippen molar-refractivity contribution in [3.8, 4) is 0 Å². The SMILES string of the molecule is O=C(NCC(=O)N1CCNCC1)c1n[nH]c(C2CC2)n1. The summed E-state index contributed by atoms with van der Waals surface area (Å²) in [6.45, 7) is 2.95. The van der Waals surface area contributed by atoms with Gasteiger partial charge in [0, 0.05) is 32.1 Å². The maximum absolute atomic E-state index is 11.9. The third-order valence-electron chi connectivity index (χ3n) is 3.54. The molecule has 2 fully saturated rings. The Morgan fingerprint density at radius 1 is 1.30 bits per heavy atom. The van der Waals surface area contributed by atoms with Gasteiger partial charge in [-0.3, -0.25) is 14.7 Å². The molecule has 108 valence electrons. The third kappa shape index (κ3) is 2.96. The van der Waals surface area contributed by atoms with Crippen molar-refractivity contribution in [1.29, 1.82) is 0 Å². The average Bonchev–Trinajstić information content (AvgIpc) is 3.22. The Morgan fingerprint density at radius 3 is 2.75 bits per heavy atom. The molecule has 1 aliphatic heterocycles. The van der Waals surface area contributed by atoms with Crippen molar-refractivity contribution in [3.63, 3.8) is 0 Å². The fourth-order valence-electron chi connectivity index (χ4n) is 2.18. The van der Waals surface area contributed by atoms with Crippen LogP contribution in [0.3, 0.4) is 0 Å². The fourth-order valence-corrected chi connectivity index (χ4v) is 2.18. The second kappa shape index (κ2) is 5.58. The van der Waals surface area contributed by atoms with E-state index in [0.29, 0.717) is 19.0 Å². The molecule has 1 saturated heterocycles. The van der Waals surface area contributed by atoms with E-state index in [9.17, 15) is 9.59 Å². The smallest absolute Gasteiger partial charge is 0.291 e. The Morgan fingerprint density at radius 2 is 2.05 bits per heavy atom. The number of aromatic amines is 1. The minimum absolute atomic E-state index is 0.00780. The van der Waals surface area contributed by atoms with Gasteiger partial charge in [-0.05, 0) is 12.8 Å². The van der Waals surface area contributed by atoms with Crippen molar-refractivity contribution < 1.29 is 9.59 Å². The second-order valence-corrected chi connectivity index (χ2v) is 5.13.